The normalized spacial score (nSPS) is 10.9. The third kappa shape index (κ3) is 1.36. The minimum Gasteiger partial charge on any atom is -0.143 e. The van der Waals surface area contributed by atoms with E-state index in [1.165, 1.54) is 4.70 Å². The molecule has 0 aliphatic rings. The summed E-state index contributed by atoms with van der Waals surface area (Å²) >= 11 is 14.4. The summed E-state index contributed by atoms with van der Waals surface area (Å²) in [6.07, 6.45) is 0. The Labute approximate surface area is 98.5 Å². The quantitative estimate of drug-likeness (QED) is 0.537. The van der Waals surface area contributed by atoms with Gasteiger partial charge in [0.2, 0.25) is 0 Å². The Morgan fingerprint density at radius 1 is 1.42 bits per heavy atom. The van der Waals surface area contributed by atoms with Crippen molar-refractivity contribution in [2.75, 3.05) is 0 Å². The van der Waals surface area contributed by atoms with E-state index in [4.69, 9.17) is 11.6 Å². The van der Waals surface area contributed by atoms with Crippen LogP contribution in [-0.2, 0) is 0 Å². The number of thiol groups is 1. The van der Waals surface area contributed by atoms with Crippen LogP contribution in [0.1, 0.15) is 0 Å². The zero-order valence-electron chi connectivity index (χ0n) is 5.84. The molecule has 0 saturated heterocycles. The van der Waals surface area contributed by atoms with Crippen molar-refractivity contribution < 1.29 is 0 Å². The Morgan fingerprint density at radius 3 is 2.83 bits per heavy atom. The lowest BCUT2D eigenvalue weighted by Gasteiger charge is -1.93. The second-order valence-electron chi connectivity index (χ2n) is 2.34. The molecule has 0 spiro atoms. The second kappa shape index (κ2) is 3.36. The highest BCUT2D eigenvalue weighted by Gasteiger charge is 2.09. The molecule has 0 saturated carbocycles. The first-order valence-corrected chi connectivity index (χ1v) is 5.97. The van der Waals surface area contributed by atoms with Gasteiger partial charge in [-0.3, -0.25) is 0 Å². The molecule has 0 aliphatic carbocycles. The van der Waals surface area contributed by atoms with Gasteiger partial charge in [0.15, 0.2) is 0 Å². The molecule has 0 nitrogen and oxygen atoms in total. The summed E-state index contributed by atoms with van der Waals surface area (Å²) in [7, 11) is 0. The maximum absolute atomic E-state index is 6.10. The molecule has 1 aromatic carbocycles. The summed E-state index contributed by atoms with van der Waals surface area (Å²) in [6, 6.07) is 6.02. The van der Waals surface area contributed by atoms with Crippen LogP contribution in [0.15, 0.2) is 23.1 Å². The first-order valence-electron chi connectivity index (χ1n) is 3.25. The van der Waals surface area contributed by atoms with Gasteiger partial charge in [-0.25, -0.2) is 0 Å². The van der Waals surface area contributed by atoms with E-state index in [2.05, 4.69) is 41.3 Å². The van der Waals surface area contributed by atoms with E-state index in [0.29, 0.717) is 0 Å². The van der Waals surface area contributed by atoms with Crippen molar-refractivity contribution in [3.63, 3.8) is 0 Å². The smallest absolute Gasteiger partial charge is 0.0852 e. The fraction of sp³-hybridized carbons (Fsp3) is 0. The Balaban J connectivity index is 2.97. The Bertz CT molecular complexity index is 436. The molecule has 0 radical (unpaired) electrons. The predicted molar refractivity (Wildman–Crippen MR) is 66.8 cm³/mol. The number of hydrogen-bond donors (Lipinski definition) is 1. The van der Waals surface area contributed by atoms with Gasteiger partial charge in [-0.15, -0.1) is 24.0 Å². The molecular formula is C8H4ClIS2. The molecule has 12 heavy (non-hydrogen) atoms. The van der Waals surface area contributed by atoms with Crippen molar-refractivity contribution in [2.24, 2.45) is 0 Å². The Kier molecular flexibility index (Phi) is 2.56. The molecule has 0 aliphatic heterocycles. The molecule has 1 heterocycles. The van der Waals surface area contributed by atoms with Crippen molar-refractivity contribution in [3.8, 4) is 0 Å². The lowest BCUT2D eigenvalue weighted by molar-refractivity contribution is 1.59. The van der Waals surface area contributed by atoms with Crippen LogP contribution >= 0.6 is 58.2 Å². The summed E-state index contributed by atoms with van der Waals surface area (Å²) in [5.74, 6) is 0. The highest BCUT2D eigenvalue weighted by atomic mass is 127. The van der Waals surface area contributed by atoms with Crippen LogP contribution < -0.4 is 0 Å². The number of halogens is 2. The highest BCUT2D eigenvalue weighted by molar-refractivity contribution is 14.1. The molecule has 0 fully saturated rings. The van der Waals surface area contributed by atoms with E-state index in [1.807, 2.05) is 12.1 Å². The molecule has 0 bridgehead atoms. The van der Waals surface area contributed by atoms with Gasteiger partial charge in [-0.05, 0) is 34.7 Å². The molecule has 0 unspecified atom stereocenters. The average molecular weight is 327 g/mol. The maximum atomic E-state index is 6.10. The Morgan fingerprint density at radius 2 is 2.17 bits per heavy atom. The first kappa shape index (κ1) is 9.12. The van der Waals surface area contributed by atoms with Crippen molar-refractivity contribution in [3.05, 3.63) is 26.1 Å². The van der Waals surface area contributed by atoms with Crippen LogP contribution in [-0.4, -0.2) is 0 Å². The van der Waals surface area contributed by atoms with E-state index in [-0.39, 0.29) is 0 Å². The standard InChI is InChI=1S/C8H4ClIS2/c9-7-6-4(11)2-1-3-5(6)12-8(7)10/h1-3,11H. The summed E-state index contributed by atoms with van der Waals surface area (Å²) in [5, 5.41) is 1.91. The molecule has 0 amide bonds. The molecule has 62 valence electrons. The summed E-state index contributed by atoms with van der Waals surface area (Å²) in [6.45, 7) is 0. The molecule has 2 rings (SSSR count). The minimum absolute atomic E-state index is 0.834. The van der Waals surface area contributed by atoms with Gasteiger partial charge in [0.25, 0.3) is 0 Å². The van der Waals surface area contributed by atoms with Crippen LogP contribution in [0, 0.1) is 2.88 Å². The van der Waals surface area contributed by atoms with E-state index in [0.717, 1.165) is 18.2 Å². The monoisotopic (exact) mass is 326 g/mol. The molecule has 2 aromatic rings. The van der Waals surface area contributed by atoms with Gasteiger partial charge < -0.3 is 0 Å². The zero-order valence-corrected chi connectivity index (χ0v) is 10.5. The SMILES string of the molecule is Sc1cccc2sc(I)c(Cl)c12. The van der Waals surface area contributed by atoms with Crippen molar-refractivity contribution in [2.45, 2.75) is 4.90 Å². The largest absolute Gasteiger partial charge is 0.143 e. The van der Waals surface area contributed by atoms with E-state index < -0.39 is 0 Å². The molecule has 0 atom stereocenters. The van der Waals surface area contributed by atoms with Gasteiger partial charge in [0.05, 0.1) is 7.91 Å². The van der Waals surface area contributed by atoms with Crippen LogP contribution in [0.25, 0.3) is 10.1 Å². The van der Waals surface area contributed by atoms with Crippen LogP contribution in [0.4, 0.5) is 0 Å². The topological polar surface area (TPSA) is 0 Å². The van der Waals surface area contributed by atoms with Crippen LogP contribution in [0.2, 0.25) is 5.02 Å². The molecule has 4 heteroatoms. The second-order valence-corrected chi connectivity index (χ2v) is 6.06. The molecule has 0 N–H and O–H groups in total. The number of thiophene rings is 1. The molecular weight excluding hydrogens is 323 g/mol. The van der Waals surface area contributed by atoms with E-state index in [1.54, 1.807) is 11.3 Å². The lowest BCUT2D eigenvalue weighted by Crippen LogP contribution is -1.67. The molecule has 1 aromatic heterocycles. The van der Waals surface area contributed by atoms with Gasteiger partial charge in [-0.2, -0.15) is 0 Å². The predicted octanol–water partition coefficient (Wildman–Crippen LogP) is 4.45. The number of benzene rings is 1. The van der Waals surface area contributed by atoms with Gasteiger partial charge in [-0.1, -0.05) is 17.7 Å². The highest BCUT2D eigenvalue weighted by Crippen LogP contribution is 2.39. The van der Waals surface area contributed by atoms with Crippen LogP contribution in [0.3, 0.4) is 0 Å². The van der Waals surface area contributed by atoms with Gasteiger partial charge in [0, 0.05) is 15.0 Å². The summed E-state index contributed by atoms with van der Waals surface area (Å²) < 4.78 is 2.34. The Hall–Kier alpha value is 0.550. The number of fused-ring (bicyclic) bond motifs is 1. The number of hydrogen-bond acceptors (Lipinski definition) is 2. The number of rotatable bonds is 0. The lowest BCUT2D eigenvalue weighted by atomic mass is 10.3. The first-order chi connectivity index (χ1) is 5.70. The van der Waals surface area contributed by atoms with Crippen molar-refractivity contribution in [1.82, 2.24) is 0 Å². The van der Waals surface area contributed by atoms with Crippen molar-refractivity contribution in [1.29, 1.82) is 0 Å². The summed E-state index contributed by atoms with van der Waals surface area (Å²) in [4.78, 5) is 0.955. The van der Waals surface area contributed by atoms with E-state index >= 15 is 0 Å². The fourth-order valence-corrected chi connectivity index (χ4v) is 3.73. The minimum atomic E-state index is 0.834. The van der Waals surface area contributed by atoms with Crippen molar-refractivity contribution >= 4 is 68.2 Å². The summed E-state index contributed by atoms with van der Waals surface area (Å²) in [5.41, 5.74) is 0. The maximum Gasteiger partial charge on any atom is 0.0852 e. The van der Waals surface area contributed by atoms with Crippen LogP contribution in [0.5, 0.6) is 0 Å². The fourth-order valence-electron chi connectivity index (χ4n) is 1.06. The zero-order chi connectivity index (χ0) is 8.72. The van der Waals surface area contributed by atoms with Gasteiger partial charge >= 0.3 is 0 Å². The third-order valence-electron chi connectivity index (χ3n) is 1.60. The third-order valence-corrected chi connectivity index (χ3v) is 4.92. The van der Waals surface area contributed by atoms with Gasteiger partial charge in [0.1, 0.15) is 0 Å². The van der Waals surface area contributed by atoms with E-state index in [9.17, 15) is 0 Å². The average Bonchev–Trinajstić information content (AvgIpc) is 2.29.